The van der Waals surface area contributed by atoms with E-state index in [2.05, 4.69) is 0 Å². The zero-order chi connectivity index (χ0) is 26.4. The minimum Gasteiger partial charge on any atom is -0.462 e. The maximum atomic E-state index is 11.6. The molecule has 0 aliphatic carbocycles. The molecule has 0 aromatic carbocycles. The lowest BCUT2D eigenvalue weighted by molar-refractivity contribution is -0.778. The normalized spacial score (nSPS) is 10.8. The summed E-state index contributed by atoms with van der Waals surface area (Å²) in [6.07, 6.45) is 7.39. The number of esters is 2. The van der Waals surface area contributed by atoms with Crippen molar-refractivity contribution in [1.82, 2.24) is 0 Å². The summed E-state index contributed by atoms with van der Waals surface area (Å²) in [4.78, 5) is 23.2. The van der Waals surface area contributed by atoms with Gasteiger partial charge >= 0.3 is 26.4 Å². The van der Waals surface area contributed by atoms with E-state index >= 15 is 0 Å². The molecule has 0 radical (unpaired) electrons. The van der Waals surface area contributed by atoms with Crippen LogP contribution >= 0.6 is 0 Å². The lowest BCUT2D eigenvalue weighted by atomic mass is 10.2. The zero-order valence-corrected chi connectivity index (χ0v) is 18.2. The molecule has 0 aliphatic rings. The summed E-state index contributed by atoms with van der Waals surface area (Å²) in [5.74, 6) is -0.623. The summed E-state index contributed by atoms with van der Waals surface area (Å²) in [6.45, 7) is 5.79. The Labute approximate surface area is 190 Å². The van der Waals surface area contributed by atoms with Gasteiger partial charge in [-0.1, -0.05) is 0 Å². The molecular weight excluding hydrogens is 482 g/mol. The Kier molecular flexibility index (Phi) is 13.5. The number of nitrogens with zero attached hydrogens (tertiary/aromatic N) is 2. The minimum absolute atomic E-state index is 0.312. The van der Waals surface area contributed by atoms with Gasteiger partial charge in [0.05, 0.1) is 24.3 Å². The first-order valence-corrected chi connectivity index (χ1v) is 9.71. The number of ether oxygens (including phenoxy) is 2. The second-order valence-corrected chi connectivity index (χ2v) is 6.08. The summed E-state index contributed by atoms with van der Waals surface area (Å²) in [5.41, 5.74) is 1.08. The van der Waals surface area contributed by atoms with Crippen molar-refractivity contribution in [3.63, 3.8) is 0 Å². The molecule has 0 atom stereocenters. The van der Waals surface area contributed by atoms with Crippen LogP contribution in [0.15, 0.2) is 49.1 Å². The molecule has 2 rings (SSSR count). The quantitative estimate of drug-likeness (QED) is 0.249. The Morgan fingerprint density at radius 2 is 0.882 bits per heavy atom. The number of hydrogen-bond donors (Lipinski definition) is 0. The first-order chi connectivity index (χ1) is 15.6. The highest BCUT2D eigenvalue weighted by atomic mass is 19.5. The van der Waals surface area contributed by atoms with Gasteiger partial charge in [-0.05, 0) is 13.8 Å². The highest BCUT2D eigenvalue weighted by Gasteiger charge is 2.21. The van der Waals surface area contributed by atoms with Crippen LogP contribution in [-0.2, 0) is 22.6 Å². The van der Waals surface area contributed by atoms with E-state index in [1.807, 2.05) is 33.9 Å². The predicted molar refractivity (Wildman–Crippen MR) is 106 cm³/mol. The molecule has 0 N–H and O–H groups in total. The number of aryl methyl sites for hydroxylation is 2. The fourth-order valence-corrected chi connectivity index (χ4v) is 2.14. The summed E-state index contributed by atoms with van der Waals surface area (Å²) in [6, 6.07) is 6.97. The minimum atomic E-state index is -6.00. The van der Waals surface area contributed by atoms with Crippen molar-refractivity contribution < 1.29 is 62.7 Å². The Bertz CT molecular complexity index is 794. The van der Waals surface area contributed by atoms with Crippen molar-refractivity contribution in [2.45, 2.75) is 26.9 Å². The van der Waals surface area contributed by atoms with E-state index in [9.17, 15) is 44.1 Å². The number of rotatable bonds is 7. The Balaban J connectivity index is 0.000000916. The van der Waals surface area contributed by atoms with Gasteiger partial charge in [-0.2, -0.15) is 9.13 Å². The van der Waals surface area contributed by atoms with Gasteiger partial charge in [0, 0.05) is 24.3 Å². The molecule has 190 valence electrons. The lowest BCUT2D eigenvalue weighted by Crippen LogP contribution is -2.44. The highest BCUT2D eigenvalue weighted by molar-refractivity contribution is 6.50. The number of carbonyl (C=O) groups excluding carboxylic acids is 2. The van der Waals surface area contributed by atoms with Crippen LogP contribution in [0.4, 0.5) is 34.5 Å². The van der Waals surface area contributed by atoms with Crippen LogP contribution in [-0.4, -0.2) is 39.7 Å². The summed E-state index contributed by atoms with van der Waals surface area (Å²) >= 11 is 0. The number of carbonyl (C=O) groups is 2. The second-order valence-electron chi connectivity index (χ2n) is 6.08. The van der Waals surface area contributed by atoms with Crippen LogP contribution < -0.4 is 9.13 Å². The van der Waals surface area contributed by atoms with E-state index in [0.717, 1.165) is 13.1 Å². The molecule has 0 unspecified atom stereocenters. The van der Waals surface area contributed by atoms with Gasteiger partial charge in [0.2, 0.25) is 13.1 Å². The maximum Gasteiger partial charge on any atom is 0.673 e. The van der Waals surface area contributed by atoms with Crippen LogP contribution in [0.1, 0.15) is 34.6 Å². The summed E-state index contributed by atoms with van der Waals surface area (Å²) in [5, 5.41) is 0. The van der Waals surface area contributed by atoms with Gasteiger partial charge in [-0.3, -0.25) is 0 Å². The van der Waals surface area contributed by atoms with Crippen molar-refractivity contribution >= 4 is 26.4 Å². The SMILES string of the molecule is CCOC(=O)c1cc[n+](CC[n+]2ccc(C(=O)OCC)cc2)cc1.F[B-](F)(F)F.F[B-](F)(F)F. The van der Waals surface area contributed by atoms with E-state index in [-0.39, 0.29) is 11.9 Å². The molecule has 2 aromatic rings. The average Bonchev–Trinajstić information content (AvgIpc) is 2.71. The van der Waals surface area contributed by atoms with Gasteiger partial charge in [0.1, 0.15) is 0 Å². The van der Waals surface area contributed by atoms with Gasteiger partial charge in [0.25, 0.3) is 0 Å². The molecule has 0 bridgehead atoms. The number of pyridine rings is 2. The van der Waals surface area contributed by atoms with Crippen molar-refractivity contribution in [1.29, 1.82) is 0 Å². The Morgan fingerprint density at radius 3 is 1.09 bits per heavy atom. The summed E-state index contributed by atoms with van der Waals surface area (Å²) < 4.78 is 91.9. The maximum absolute atomic E-state index is 11.6. The van der Waals surface area contributed by atoms with Crippen LogP contribution in [0.25, 0.3) is 0 Å². The van der Waals surface area contributed by atoms with Crippen molar-refractivity contribution in [3.8, 4) is 0 Å². The van der Waals surface area contributed by atoms with Gasteiger partial charge in [0.15, 0.2) is 24.8 Å². The molecule has 2 aromatic heterocycles. The standard InChI is InChI=1S/C18H22N2O4.2BF4/c1-3-23-17(21)15-5-9-19(10-6-15)13-14-20-11-7-16(8-12-20)18(22)24-4-2;2*2-1(3,4)5/h5-12H,3-4,13-14H2,1-2H3;;/q+2;2*-1. The van der Waals surface area contributed by atoms with E-state index in [1.54, 1.807) is 38.1 Å². The molecule has 0 saturated heterocycles. The smallest absolute Gasteiger partial charge is 0.462 e. The molecule has 0 saturated carbocycles. The molecule has 2 heterocycles. The van der Waals surface area contributed by atoms with E-state index in [4.69, 9.17) is 9.47 Å². The fourth-order valence-electron chi connectivity index (χ4n) is 2.14. The number of halogens is 8. The largest absolute Gasteiger partial charge is 0.673 e. The van der Waals surface area contributed by atoms with Gasteiger partial charge in [-0.25, -0.2) is 9.59 Å². The van der Waals surface area contributed by atoms with Crippen molar-refractivity contribution in [2.24, 2.45) is 0 Å². The van der Waals surface area contributed by atoms with Crippen molar-refractivity contribution in [2.75, 3.05) is 13.2 Å². The topological polar surface area (TPSA) is 60.4 Å². The summed E-state index contributed by atoms with van der Waals surface area (Å²) in [7, 11) is -12.0. The van der Waals surface area contributed by atoms with Crippen molar-refractivity contribution in [3.05, 3.63) is 60.2 Å². The third-order valence-corrected chi connectivity index (χ3v) is 3.42. The first-order valence-electron chi connectivity index (χ1n) is 9.71. The first kappa shape index (κ1) is 30.8. The monoisotopic (exact) mass is 504 g/mol. The Morgan fingerprint density at radius 1 is 0.647 bits per heavy atom. The van der Waals surface area contributed by atoms with E-state index in [1.165, 1.54) is 0 Å². The Hall–Kier alpha value is -3.19. The average molecular weight is 504 g/mol. The molecular formula is C18H22B2F8N2O4. The molecule has 16 heteroatoms. The predicted octanol–water partition coefficient (Wildman–Crippen LogP) is 3.92. The zero-order valence-electron chi connectivity index (χ0n) is 18.2. The molecule has 0 aliphatic heterocycles. The lowest BCUT2D eigenvalue weighted by Gasteiger charge is -2.01. The third-order valence-electron chi connectivity index (χ3n) is 3.42. The molecule has 34 heavy (non-hydrogen) atoms. The van der Waals surface area contributed by atoms with Crippen LogP contribution in [0, 0.1) is 0 Å². The third kappa shape index (κ3) is 17.4. The van der Waals surface area contributed by atoms with Crippen LogP contribution in [0.5, 0.6) is 0 Å². The van der Waals surface area contributed by atoms with Gasteiger partial charge < -0.3 is 44.0 Å². The number of aromatic nitrogens is 2. The molecule has 0 spiro atoms. The van der Waals surface area contributed by atoms with Crippen LogP contribution in [0.3, 0.4) is 0 Å². The molecule has 0 amide bonds. The highest BCUT2D eigenvalue weighted by Crippen LogP contribution is 2.07. The van der Waals surface area contributed by atoms with E-state index < -0.39 is 14.5 Å². The second kappa shape index (κ2) is 14.9. The number of hydrogen-bond acceptors (Lipinski definition) is 4. The van der Waals surface area contributed by atoms with E-state index in [0.29, 0.717) is 24.3 Å². The molecule has 0 fully saturated rings. The van der Waals surface area contributed by atoms with Crippen LogP contribution in [0.2, 0.25) is 0 Å². The fraction of sp³-hybridized carbons (Fsp3) is 0.333. The van der Waals surface area contributed by atoms with Gasteiger partial charge in [-0.15, -0.1) is 0 Å². The molecule has 6 nitrogen and oxygen atoms in total.